The molecule has 0 spiro atoms. The van der Waals surface area contributed by atoms with Crippen molar-refractivity contribution in [2.24, 2.45) is 5.92 Å². The maximum Gasteiger partial charge on any atom is 0.243 e. The summed E-state index contributed by atoms with van der Waals surface area (Å²) < 4.78 is 0. The van der Waals surface area contributed by atoms with Gasteiger partial charge < -0.3 is 10.4 Å². The number of carbonyl (C=O) groups excluding carboxylic acids is 1. The SMILES string of the molecule is Cc1ccccc1CN1CCC(CCNC(=O)/C=C/c2cc(C(C)(C)C)c(O)c(C(C)(C)C)c2)CC1. The number of amides is 1. The highest BCUT2D eigenvalue weighted by atomic mass is 16.3. The highest BCUT2D eigenvalue weighted by Crippen LogP contribution is 2.40. The Bertz CT molecular complexity index is 1030. The van der Waals surface area contributed by atoms with Gasteiger partial charge in [-0.3, -0.25) is 9.69 Å². The van der Waals surface area contributed by atoms with E-state index >= 15 is 0 Å². The first-order valence-electron chi connectivity index (χ1n) is 13.5. The largest absolute Gasteiger partial charge is 0.507 e. The molecule has 1 aliphatic heterocycles. The van der Waals surface area contributed by atoms with Crippen LogP contribution in [0.15, 0.2) is 42.5 Å². The van der Waals surface area contributed by atoms with Crippen LogP contribution in [0, 0.1) is 12.8 Å². The van der Waals surface area contributed by atoms with Gasteiger partial charge in [0.1, 0.15) is 5.75 Å². The molecule has 3 rings (SSSR count). The van der Waals surface area contributed by atoms with E-state index in [1.807, 2.05) is 18.2 Å². The Balaban J connectivity index is 1.49. The van der Waals surface area contributed by atoms with Crippen molar-refractivity contribution in [1.82, 2.24) is 10.2 Å². The summed E-state index contributed by atoms with van der Waals surface area (Å²) in [5.74, 6) is 0.972. The number of benzene rings is 2. The zero-order valence-electron chi connectivity index (χ0n) is 23.4. The number of aryl methyl sites for hydroxylation is 1. The maximum absolute atomic E-state index is 12.5. The van der Waals surface area contributed by atoms with Gasteiger partial charge in [0.15, 0.2) is 0 Å². The zero-order chi connectivity index (χ0) is 26.5. The van der Waals surface area contributed by atoms with E-state index in [0.717, 1.165) is 42.7 Å². The molecule has 0 radical (unpaired) electrons. The number of rotatable bonds is 7. The van der Waals surface area contributed by atoms with Gasteiger partial charge in [-0.1, -0.05) is 65.8 Å². The molecule has 1 saturated heterocycles. The fourth-order valence-electron chi connectivity index (χ4n) is 4.99. The van der Waals surface area contributed by atoms with Crippen molar-refractivity contribution >= 4 is 12.0 Å². The van der Waals surface area contributed by atoms with Gasteiger partial charge in [-0.25, -0.2) is 0 Å². The topological polar surface area (TPSA) is 52.6 Å². The van der Waals surface area contributed by atoms with E-state index in [9.17, 15) is 9.90 Å². The molecular weight excluding hydrogens is 444 g/mol. The minimum absolute atomic E-state index is 0.0605. The lowest BCUT2D eigenvalue weighted by atomic mass is 9.78. The number of nitrogens with one attached hydrogen (secondary N) is 1. The van der Waals surface area contributed by atoms with Gasteiger partial charge in [-0.15, -0.1) is 0 Å². The van der Waals surface area contributed by atoms with Gasteiger partial charge in [0.2, 0.25) is 5.91 Å². The summed E-state index contributed by atoms with van der Waals surface area (Å²) in [5.41, 5.74) is 5.17. The van der Waals surface area contributed by atoms with Gasteiger partial charge in [0.05, 0.1) is 0 Å². The summed E-state index contributed by atoms with van der Waals surface area (Å²) in [4.78, 5) is 15.1. The van der Waals surface area contributed by atoms with Crippen LogP contribution in [-0.2, 0) is 22.2 Å². The highest BCUT2D eigenvalue weighted by Gasteiger charge is 2.26. The van der Waals surface area contributed by atoms with E-state index in [-0.39, 0.29) is 16.7 Å². The predicted octanol–water partition coefficient (Wildman–Crippen LogP) is 6.73. The van der Waals surface area contributed by atoms with Crippen LogP contribution < -0.4 is 5.32 Å². The molecule has 1 aliphatic rings. The van der Waals surface area contributed by atoms with E-state index in [4.69, 9.17) is 0 Å². The predicted molar refractivity (Wildman–Crippen MR) is 151 cm³/mol. The third-order valence-corrected chi connectivity index (χ3v) is 7.39. The van der Waals surface area contributed by atoms with Crippen LogP contribution in [0.2, 0.25) is 0 Å². The van der Waals surface area contributed by atoms with Crippen molar-refractivity contribution < 1.29 is 9.90 Å². The molecule has 2 aromatic carbocycles. The van der Waals surface area contributed by atoms with Crippen molar-refractivity contribution in [3.63, 3.8) is 0 Å². The Morgan fingerprint density at radius 2 is 1.61 bits per heavy atom. The van der Waals surface area contributed by atoms with Crippen LogP contribution in [0.1, 0.15) is 88.6 Å². The third kappa shape index (κ3) is 7.70. The molecule has 196 valence electrons. The van der Waals surface area contributed by atoms with E-state index in [1.165, 1.54) is 24.0 Å². The summed E-state index contributed by atoms with van der Waals surface area (Å²) in [6, 6.07) is 12.6. The summed E-state index contributed by atoms with van der Waals surface area (Å²) in [6.07, 6.45) is 6.89. The summed E-state index contributed by atoms with van der Waals surface area (Å²) >= 11 is 0. The van der Waals surface area contributed by atoms with Gasteiger partial charge >= 0.3 is 0 Å². The smallest absolute Gasteiger partial charge is 0.243 e. The van der Waals surface area contributed by atoms with E-state index in [0.29, 0.717) is 18.2 Å². The van der Waals surface area contributed by atoms with Crippen LogP contribution in [0.3, 0.4) is 0 Å². The Morgan fingerprint density at radius 3 is 2.17 bits per heavy atom. The quantitative estimate of drug-likeness (QED) is 0.423. The molecule has 0 aliphatic carbocycles. The van der Waals surface area contributed by atoms with Gasteiger partial charge in [-0.2, -0.15) is 0 Å². The maximum atomic E-state index is 12.5. The normalized spacial score (nSPS) is 16.0. The molecule has 2 aromatic rings. The van der Waals surface area contributed by atoms with Crippen LogP contribution in [-0.4, -0.2) is 35.5 Å². The van der Waals surface area contributed by atoms with Crippen LogP contribution in [0.25, 0.3) is 6.08 Å². The molecule has 4 heteroatoms. The number of phenols is 1. The van der Waals surface area contributed by atoms with Gasteiger partial charge in [0, 0.05) is 30.3 Å². The van der Waals surface area contributed by atoms with Crippen LogP contribution in [0.4, 0.5) is 0 Å². The molecule has 0 aromatic heterocycles. The summed E-state index contributed by atoms with van der Waals surface area (Å²) in [6.45, 7) is 18.8. The second-order valence-corrected chi connectivity index (χ2v) is 12.5. The van der Waals surface area contributed by atoms with Crippen molar-refractivity contribution in [3.05, 3.63) is 70.3 Å². The van der Waals surface area contributed by atoms with Crippen molar-refractivity contribution in [2.75, 3.05) is 19.6 Å². The van der Waals surface area contributed by atoms with Crippen molar-refractivity contribution in [3.8, 4) is 5.75 Å². The third-order valence-electron chi connectivity index (χ3n) is 7.39. The molecule has 0 saturated carbocycles. The minimum Gasteiger partial charge on any atom is -0.507 e. The molecular formula is C32H46N2O2. The molecule has 4 nitrogen and oxygen atoms in total. The number of likely N-dealkylation sites (tertiary alicyclic amines) is 1. The minimum atomic E-state index is -0.189. The monoisotopic (exact) mass is 490 g/mol. The highest BCUT2D eigenvalue weighted by molar-refractivity contribution is 5.91. The molecule has 0 atom stereocenters. The molecule has 1 heterocycles. The molecule has 0 bridgehead atoms. The lowest BCUT2D eigenvalue weighted by Crippen LogP contribution is -2.34. The molecule has 2 N–H and O–H groups in total. The van der Waals surface area contributed by atoms with Gasteiger partial charge in [0.25, 0.3) is 0 Å². The molecule has 0 unspecified atom stereocenters. The second kappa shape index (κ2) is 11.6. The Morgan fingerprint density at radius 1 is 1.03 bits per heavy atom. The van der Waals surface area contributed by atoms with Crippen LogP contribution in [0.5, 0.6) is 5.75 Å². The Hall–Kier alpha value is -2.59. The molecule has 1 fully saturated rings. The number of piperidine rings is 1. The number of nitrogens with zero attached hydrogens (tertiary/aromatic N) is 1. The fourth-order valence-corrected chi connectivity index (χ4v) is 4.99. The van der Waals surface area contributed by atoms with Gasteiger partial charge in [-0.05, 0) is 90.9 Å². The van der Waals surface area contributed by atoms with E-state index < -0.39 is 0 Å². The zero-order valence-corrected chi connectivity index (χ0v) is 23.4. The van der Waals surface area contributed by atoms with Crippen molar-refractivity contribution in [1.29, 1.82) is 0 Å². The fraction of sp³-hybridized carbons (Fsp3) is 0.531. The summed E-state index contributed by atoms with van der Waals surface area (Å²) in [5, 5.41) is 14.0. The molecule has 1 amide bonds. The average molecular weight is 491 g/mol. The lowest BCUT2D eigenvalue weighted by Gasteiger charge is -2.32. The number of hydrogen-bond donors (Lipinski definition) is 2. The van der Waals surface area contributed by atoms with Crippen LogP contribution >= 0.6 is 0 Å². The summed E-state index contributed by atoms with van der Waals surface area (Å²) in [7, 11) is 0. The lowest BCUT2D eigenvalue weighted by molar-refractivity contribution is -0.116. The number of aromatic hydroxyl groups is 1. The standard InChI is InChI=1S/C32H46N2O2/c1-23-10-8-9-11-26(23)22-34-18-15-24(16-19-34)14-17-33-29(35)13-12-25-20-27(31(2,3)4)30(36)28(21-25)32(5,6)7/h8-13,20-21,24,36H,14-19,22H2,1-7H3,(H,33,35)/b13-12+. The first-order chi connectivity index (χ1) is 16.8. The average Bonchev–Trinajstić information content (AvgIpc) is 2.79. The first-order valence-corrected chi connectivity index (χ1v) is 13.5. The Kier molecular flexibility index (Phi) is 9.05. The first kappa shape index (κ1) is 28.0. The Labute approximate surface area is 218 Å². The second-order valence-electron chi connectivity index (χ2n) is 12.5. The van der Waals surface area contributed by atoms with Crippen molar-refractivity contribution in [2.45, 2.75) is 85.1 Å². The number of phenolic OH excluding ortho intramolecular Hbond substituents is 1. The number of hydrogen-bond acceptors (Lipinski definition) is 3. The van der Waals surface area contributed by atoms with E-state index in [2.05, 4.69) is 82.9 Å². The van der Waals surface area contributed by atoms with E-state index in [1.54, 1.807) is 6.08 Å². The number of carbonyl (C=O) groups is 1. The molecule has 36 heavy (non-hydrogen) atoms.